The summed E-state index contributed by atoms with van der Waals surface area (Å²) in [6, 6.07) is 5.68. The van der Waals surface area contributed by atoms with Gasteiger partial charge in [0, 0.05) is 13.2 Å². The van der Waals surface area contributed by atoms with E-state index in [4.69, 9.17) is 0 Å². The molecule has 1 heterocycles. The van der Waals surface area contributed by atoms with E-state index in [2.05, 4.69) is 15.5 Å². The molecule has 0 aliphatic rings. The standard InChI is InChI=1S/C7H9N3/c1-8-10-6-7-4-2-3-5-9-7/h2-6,8H,1H3/b10-6-. The third-order valence-corrected chi connectivity index (χ3v) is 1.01. The lowest BCUT2D eigenvalue weighted by molar-refractivity contribution is 0.906. The second kappa shape index (κ2) is 3.61. The summed E-state index contributed by atoms with van der Waals surface area (Å²) in [5, 5.41) is 3.80. The maximum atomic E-state index is 4.03. The minimum Gasteiger partial charge on any atom is -0.313 e. The highest BCUT2D eigenvalue weighted by atomic mass is 15.3. The van der Waals surface area contributed by atoms with E-state index in [0.717, 1.165) is 5.69 Å². The monoisotopic (exact) mass is 135 g/mol. The normalized spacial score (nSPS) is 10.1. The van der Waals surface area contributed by atoms with Gasteiger partial charge in [0.05, 0.1) is 11.9 Å². The van der Waals surface area contributed by atoms with Gasteiger partial charge in [0.25, 0.3) is 0 Å². The number of rotatable bonds is 2. The van der Waals surface area contributed by atoms with Crippen molar-refractivity contribution in [3.63, 3.8) is 0 Å². The van der Waals surface area contributed by atoms with Crippen molar-refractivity contribution >= 4 is 6.21 Å². The molecule has 0 amide bonds. The van der Waals surface area contributed by atoms with Crippen LogP contribution in [0.3, 0.4) is 0 Å². The van der Waals surface area contributed by atoms with E-state index in [-0.39, 0.29) is 0 Å². The molecule has 3 heteroatoms. The molecule has 0 saturated heterocycles. The third-order valence-electron chi connectivity index (χ3n) is 1.01. The number of nitrogens with one attached hydrogen (secondary N) is 1. The number of hydrogen-bond acceptors (Lipinski definition) is 3. The summed E-state index contributed by atoms with van der Waals surface area (Å²) < 4.78 is 0. The van der Waals surface area contributed by atoms with E-state index in [0.29, 0.717) is 0 Å². The van der Waals surface area contributed by atoms with Crippen molar-refractivity contribution in [2.75, 3.05) is 7.05 Å². The Labute approximate surface area is 59.8 Å². The average Bonchev–Trinajstić information content (AvgIpc) is 2.03. The second-order valence-electron chi connectivity index (χ2n) is 1.74. The Balaban J connectivity index is 2.67. The quantitative estimate of drug-likeness (QED) is 0.477. The lowest BCUT2D eigenvalue weighted by Crippen LogP contribution is -1.95. The van der Waals surface area contributed by atoms with E-state index in [1.54, 1.807) is 19.5 Å². The molecule has 0 saturated carbocycles. The van der Waals surface area contributed by atoms with Gasteiger partial charge in [0.15, 0.2) is 0 Å². The zero-order valence-corrected chi connectivity index (χ0v) is 5.78. The van der Waals surface area contributed by atoms with Crippen LogP contribution in [0.25, 0.3) is 0 Å². The molecule has 1 rings (SSSR count). The predicted octanol–water partition coefficient (Wildman–Crippen LogP) is 0.635. The van der Waals surface area contributed by atoms with E-state index in [9.17, 15) is 0 Å². The highest BCUT2D eigenvalue weighted by molar-refractivity contribution is 5.76. The fourth-order valence-corrected chi connectivity index (χ4v) is 0.583. The summed E-state index contributed by atoms with van der Waals surface area (Å²) in [5.41, 5.74) is 3.50. The maximum Gasteiger partial charge on any atom is 0.0830 e. The predicted molar refractivity (Wildman–Crippen MR) is 40.9 cm³/mol. The van der Waals surface area contributed by atoms with Crippen molar-refractivity contribution in [3.8, 4) is 0 Å². The SMILES string of the molecule is CN/N=C\c1ccccn1. The molecule has 3 nitrogen and oxygen atoms in total. The van der Waals surface area contributed by atoms with Crippen LogP contribution in [0.15, 0.2) is 29.5 Å². The number of hydrogen-bond donors (Lipinski definition) is 1. The Bertz CT molecular complexity index is 205. The summed E-state index contributed by atoms with van der Waals surface area (Å²) in [7, 11) is 1.75. The van der Waals surface area contributed by atoms with Gasteiger partial charge >= 0.3 is 0 Å². The molecule has 0 aliphatic heterocycles. The fraction of sp³-hybridized carbons (Fsp3) is 0.143. The highest BCUT2D eigenvalue weighted by Crippen LogP contribution is 1.86. The van der Waals surface area contributed by atoms with Gasteiger partial charge in [-0.15, -0.1) is 0 Å². The average molecular weight is 135 g/mol. The molecule has 52 valence electrons. The molecule has 0 unspecified atom stereocenters. The largest absolute Gasteiger partial charge is 0.313 e. The number of nitrogens with zero attached hydrogens (tertiary/aromatic N) is 2. The zero-order chi connectivity index (χ0) is 7.23. The zero-order valence-electron chi connectivity index (χ0n) is 5.78. The Morgan fingerprint density at radius 2 is 2.50 bits per heavy atom. The van der Waals surface area contributed by atoms with Crippen molar-refractivity contribution < 1.29 is 0 Å². The van der Waals surface area contributed by atoms with E-state index < -0.39 is 0 Å². The number of pyridine rings is 1. The molecule has 0 aliphatic carbocycles. The molecule has 1 N–H and O–H groups in total. The molecular formula is C7H9N3. The minimum atomic E-state index is 0.858. The van der Waals surface area contributed by atoms with Gasteiger partial charge in [-0.1, -0.05) is 6.07 Å². The van der Waals surface area contributed by atoms with Gasteiger partial charge in [0.1, 0.15) is 0 Å². The lowest BCUT2D eigenvalue weighted by atomic mass is 10.4. The molecule has 10 heavy (non-hydrogen) atoms. The maximum absolute atomic E-state index is 4.03. The van der Waals surface area contributed by atoms with Gasteiger partial charge < -0.3 is 5.43 Å². The van der Waals surface area contributed by atoms with Crippen LogP contribution in [0.5, 0.6) is 0 Å². The van der Waals surface area contributed by atoms with Crippen LogP contribution in [-0.4, -0.2) is 18.2 Å². The Hall–Kier alpha value is -1.38. The first-order valence-electron chi connectivity index (χ1n) is 3.04. The Morgan fingerprint density at radius 1 is 1.60 bits per heavy atom. The minimum absolute atomic E-state index is 0.858. The molecule has 1 aromatic rings. The Kier molecular flexibility index (Phi) is 2.43. The summed E-state index contributed by atoms with van der Waals surface area (Å²) in [6.07, 6.45) is 3.40. The first-order valence-corrected chi connectivity index (χ1v) is 3.04. The van der Waals surface area contributed by atoms with E-state index >= 15 is 0 Å². The molecule has 0 bridgehead atoms. The van der Waals surface area contributed by atoms with Gasteiger partial charge in [-0.25, -0.2) is 0 Å². The summed E-state index contributed by atoms with van der Waals surface area (Å²) in [4.78, 5) is 4.03. The topological polar surface area (TPSA) is 37.3 Å². The fourth-order valence-electron chi connectivity index (χ4n) is 0.583. The van der Waals surface area contributed by atoms with Crippen LogP contribution in [0.1, 0.15) is 5.69 Å². The van der Waals surface area contributed by atoms with E-state index in [1.165, 1.54) is 0 Å². The van der Waals surface area contributed by atoms with Crippen LogP contribution in [0.2, 0.25) is 0 Å². The molecule has 0 fully saturated rings. The molecule has 0 atom stereocenters. The van der Waals surface area contributed by atoms with Crippen LogP contribution in [0.4, 0.5) is 0 Å². The summed E-state index contributed by atoms with van der Waals surface area (Å²) in [6.45, 7) is 0. The van der Waals surface area contributed by atoms with Crippen LogP contribution in [-0.2, 0) is 0 Å². The van der Waals surface area contributed by atoms with Gasteiger partial charge in [-0.2, -0.15) is 5.10 Å². The van der Waals surface area contributed by atoms with Crippen molar-refractivity contribution in [1.82, 2.24) is 10.4 Å². The van der Waals surface area contributed by atoms with Crippen molar-refractivity contribution in [1.29, 1.82) is 0 Å². The summed E-state index contributed by atoms with van der Waals surface area (Å²) >= 11 is 0. The second-order valence-corrected chi connectivity index (χ2v) is 1.74. The van der Waals surface area contributed by atoms with Crippen LogP contribution >= 0.6 is 0 Å². The van der Waals surface area contributed by atoms with Gasteiger partial charge in [-0.3, -0.25) is 4.98 Å². The highest BCUT2D eigenvalue weighted by Gasteiger charge is 1.81. The van der Waals surface area contributed by atoms with Crippen molar-refractivity contribution in [3.05, 3.63) is 30.1 Å². The molecule has 0 aromatic carbocycles. The first-order chi connectivity index (χ1) is 4.93. The number of aromatic nitrogens is 1. The third kappa shape index (κ3) is 1.85. The first kappa shape index (κ1) is 6.74. The van der Waals surface area contributed by atoms with Crippen LogP contribution in [0, 0.1) is 0 Å². The molecular weight excluding hydrogens is 126 g/mol. The lowest BCUT2D eigenvalue weighted by Gasteiger charge is -1.88. The molecule has 0 radical (unpaired) electrons. The smallest absolute Gasteiger partial charge is 0.0830 e. The van der Waals surface area contributed by atoms with Crippen molar-refractivity contribution in [2.45, 2.75) is 0 Å². The molecule has 0 spiro atoms. The number of hydrazone groups is 1. The summed E-state index contributed by atoms with van der Waals surface area (Å²) in [5.74, 6) is 0. The Morgan fingerprint density at radius 3 is 3.10 bits per heavy atom. The van der Waals surface area contributed by atoms with Gasteiger partial charge in [-0.05, 0) is 12.1 Å². The van der Waals surface area contributed by atoms with Crippen LogP contribution < -0.4 is 5.43 Å². The van der Waals surface area contributed by atoms with E-state index in [1.807, 2.05) is 18.2 Å². The van der Waals surface area contributed by atoms with Gasteiger partial charge in [0.2, 0.25) is 0 Å². The molecule has 1 aromatic heterocycles. The van der Waals surface area contributed by atoms with Crippen molar-refractivity contribution in [2.24, 2.45) is 5.10 Å².